The van der Waals surface area contributed by atoms with Crippen LogP contribution in [0.2, 0.25) is 0 Å². The molecule has 2 heterocycles. The number of amides is 1. The largest absolute Gasteiger partial charge is 0.339 e. The first kappa shape index (κ1) is 18.6. The van der Waals surface area contributed by atoms with Crippen LogP contribution in [0.5, 0.6) is 0 Å². The molecule has 2 aromatic carbocycles. The van der Waals surface area contributed by atoms with Gasteiger partial charge in [-0.05, 0) is 32.9 Å². The van der Waals surface area contributed by atoms with Crippen LogP contribution in [0.1, 0.15) is 40.5 Å². The molecule has 0 radical (unpaired) electrons. The third-order valence-electron chi connectivity index (χ3n) is 4.61. The molecule has 1 amide bonds. The fourth-order valence-corrected chi connectivity index (χ4v) is 2.96. The fraction of sp³-hybridized carbons (Fsp3) is 0.182. The number of carbonyl (C=O) groups is 1. The van der Waals surface area contributed by atoms with Crippen molar-refractivity contribution in [2.24, 2.45) is 0 Å². The van der Waals surface area contributed by atoms with Crippen LogP contribution in [0.3, 0.4) is 0 Å². The van der Waals surface area contributed by atoms with Gasteiger partial charge < -0.3 is 9.84 Å². The third-order valence-corrected chi connectivity index (χ3v) is 4.61. The van der Waals surface area contributed by atoms with Crippen molar-refractivity contribution in [1.29, 1.82) is 0 Å². The zero-order valence-electron chi connectivity index (χ0n) is 16.4. The second kappa shape index (κ2) is 7.71. The first-order chi connectivity index (χ1) is 14.0. The number of carbonyl (C=O) groups excluding carboxylic acids is 1. The van der Waals surface area contributed by atoms with Crippen LogP contribution >= 0.6 is 0 Å². The van der Waals surface area contributed by atoms with Crippen molar-refractivity contribution in [2.45, 2.75) is 26.8 Å². The van der Waals surface area contributed by atoms with Crippen LogP contribution < -0.4 is 5.32 Å². The molecular weight excluding hydrogens is 366 g/mol. The normalized spacial score (nSPS) is 12.0. The quantitative estimate of drug-likeness (QED) is 0.534. The van der Waals surface area contributed by atoms with Crippen LogP contribution in [0.4, 0.5) is 0 Å². The van der Waals surface area contributed by atoms with E-state index in [0.717, 1.165) is 16.7 Å². The minimum absolute atomic E-state index is 0.293. The summed E-state index contributed by atoms with van der Waals surface area (Å²) in [6, 6.07) is 17.1. The number of nitrogens with zero attached hydrogens (tertiary/aromatic N) is 3. The van der Waals surface area contributed by atoms with Crippen LogP contribution in [0.15, 0.2) is 59.1 Å². The van der Waals surface area contributed by atoms with Crippen LogP contribution in [0, 0.1) is 13.8 Å². The molecule has 0 bridgehead atoms. The summed E-state index contributed by atoms with van der Waals surface area (Å²) in [5, 5.41) is 13.9. The summed E-state index contributed by atoms with van der Waals surface area (Å²) in [5.74, 6) is 0.541. The lowest BCUT2D eigenvalue weighted by molar-refractivity contribution is 0.0927. The highest BCUT2D eigenvalue weighted by Crippen LogP contribution is 2.21. The van der Waals surface area contributed by atoms with E-state index in [1.165, 1.54) is 5.56 Å². The van der Waals surface area contributed by atoms with Gasteiger partial charge in [-0.15, -0.1) is 0 Å². The summed E-state index contributed by atoms with van der Waals surface area (Å²) in [5.41, 5.74) is 5.17. The first-order valence-corrected chi connectivity index (χ1v) is 9.33. The Labute approximate surface area is 168 Å². The van der Waals surface area contributed by atoms with Gasteiger partial charge in [0, 0.05) is 11.1 Å². The van der Waals surface area contributed by atoms with Gasteiger partial charge in [-0.1, -0.05) is 58.7 Å². The lowest BCUT2D eigenvalue weighted by Crippen LogP contribution is -2.27. The van der Waals surface area contributed by atoms with E-state index < -0.39 is 6.04 Å². The van der Waals surface area contributed by atoms with Crippen molar-refractivity contribution in [1.82, 2.24) is 25.7 Å². The van der Waals surface area contributed by atoms with Crippen molar-refractivity contribution in [3.05, 3.63) is 77.3 Å². The summed E-state index contributed by atoms with van der Waals surface area (Å²) in [4.78, 5) is 17.0. The molecule has 0 aliphatic heterocycles. The number of aromatic amines is 1. The first-order valence-electron chi connectivity index (χ1n) is 9.33. The van der Waals surface area contributed by atoms with Crippen LogP contribution in [-0.2, 0) is 0 Å². The molecule has 0 aliphatic carbocycles. The molecule has 146 valence electrons. The van der Waals surface area contributed by atoms with Gasteiger partial charge in [0.05, 0.1) is 5.69 Å². The molecule has 0 unspecified atom stereocenters. The van der Waals surface area contributed by atoms with Gasteiger partial charge in [-0.25, -0.2) is 0 Å². The average Bonchev–Trinajstić information content (AvgIpc) is 3.39. The number of H-pyrrole nitrogens is 1. The van der Waals surface area contributed by atoms with Gasteiger partial charge in [0.25, 0.3) is 5.91 Å². The molecule has 0 spiro atoms. The van der Waals surface area contributed by atoms with Gasteiger partial charge in [0.15, 0.2) is 0 Å². The van der Waals surface area contributed by atoms with Gasteiger partial charge in [0.2, 0.25) is 11.7 Å². The second-order valence-corrected chi connectivity index (χ2v) is 7.05. The number of benzene rings is 2. The molecule has 2 aromatic heterocycles. The molecule has 0 saturated heterocycles. The summed E-state index contributed by atoms with van der Waals surface area (Å²) >= 11 is 0. The van der Waals surface area contributed by atoms with Gasteiger partial charge in [-0.2, -0.15) is 10.1 Å². The standard InChI is InChI=1S/C22H21N5O2/c1-13-7-9-16(10-8-13)18-12-19(26-25-18)21(28)23-15(3)22-24-20(27-29-22)17-6-4-5-14(2)11-17/h4-12,15H,1-3H3,(H,23,28)(H,25,26)/t15-/m1/s1. The lowest BCUT2D eigenvalue weighted by atomic mass is 10.1. The Hall–Kier alpha value is -3.74. The van der Waals surface area contributed by atoms with E-state index in [-0.39, 0.29) is 5.91 Å². The lowest BCUT2D eigenvalue weighted by Gasteiger charge is -2.07. The molecule has 0 saturated carbocycles. The Kier molecular flexibility index (Phi) is 4.95. The number of rotatable bonds is 5. The second-order valence-electron chi connectivity index (χ2n) is 7.05. The smallest absolute Gasteiger partial charge is 0.269 e. The van der Waals surface area contributed by atoms with E-state index in [0.29, 0.717) is 23.1 Å². The molecule has 1 atom stereocenters. The molecule has 29 heavy (non-hydrogen) atoms. The highest BCUT2D eigenvalue weighted by atomic mass is 16.5. The van der Waals surface area contributed by atoms with E-state index in [9.17, 15) is 4.79 Å². The van der Waals surface area contributed by atoms with Crippen molar-refractivity contribution < 1.29 is 9.32 Å². The Morgan fingerprint density at radius 3 is 2.59 bits per heavy atom. The van der Waals surface area contributed by atoms with Crippen molar-refractivity contribution >= 4 is 5.91 Å². The number of nitrogens with one attached hydrogen (secondary N) is 2. The van der Waals surface area contributed by atoms with E-state index in [4.69, 9.17) is 4.52 Å². The van der Waals surface area contributed by atoms with E-state index >= 15 is 0 Å². The zero-order chi connectivity index (χ0) is 20.4. The SMILES string of the molecule is Cc1ccc(-c2cc(C(=O)N[C@H](C)c3nc(-c4cccc(C)c4)no3)[nH]n2)cc1. The maximum atomic E-state index is 12.6. The zero-order valence-corrected chi connectivity index (χ0v) is 16.4. The summed E-state index contributed by atoms with van der Waals surface area (Å²) in [6.45, 7) is 5.82. The minimum Gasteiger partial charge on any atom is -0.339 e. The Bertz CT molecular complexity index is 1140. The molecule has 0 aliphatic rings. The molecule has 4 rings (SSSR count). The monoisotopic (exact) mass is 387 g/mol. The van der Waals surface area contributed by atoms with E-state index in [1.54, 1.807) is 13.0 Å². The summed E-state index contributed by atoms with van der Waals surface area (Å²) in [6.07, 6.45) is 0. The summed E-state index contributed by atoms with van der Waals surface area (Å²) < 4.78 is 5.34. The maximum Gasteiger partial charge on any atom is 0.269 e. The Morgan fingerprint density at radius 2 is 1.83 bits per heavy atom. The van der Waals surface area contributed by atoms with Crippen molar-refractivity contribution in [3.8, 4) is 22.6 Å². The fourth-order valence-electron chi connectivity index (χ4n) is 2.96. The van der Waals surface area contributed by atoms with Gasteiger partial charge in [-0.3, -0.25) is 9.89 Å². The van der Waals surface area contributed by atoms with Crippen molar-refractivity contribution in [2.75, 3.05) is 0 Å². The maximum absolute atomic E-state index is 12.6. The predicted octanol–water partition coefficient (Wildman–Crippen LogP) is 4.23. The number of hydrogen-bond acceptors (Lipinski definition) is 5. The highest BCUT2D eigenvalue weighted by Gasteiger charge is 2.19. The van der Waals surface area contributed by atoms with Gasteiger partial charge in [0.1, 0.15) is 11.7 Å². The van der Waals surface area contributed by atoms with Crippen LogP contribution in [-0.4, -0.2) is 26.2 Å². The van der Waals surface area contributed by atoms with Gasteiger partial charge >= 0.3 is 0 Å². The minimum atomic E-state index is -0.445. The molecule has 7 nitrogen and oxygen atoms in total. The van der Waals surface area contributed by atoms with E-state index in [1.807, 2.05) is 62.4 Å². The number of hydrogen-bond donors (Lipinski definition) is 2. The number of aromatic nitrogens is 4. The molecule has 2 N–H and O–H groups in total. The van der Waals surface area contributed by atoms with Crippen LogP contribution in [0.25, 0.3) is 22.6 Å². The predicted molar refractivity (Wildman–Crippen MR) is 109 cm³/mol. The topological polar surface area (TPSA) is 96.7 Å². The Balaban J connectivity index is 1.45. The highest BCUT2D eigenvalue weighted by molar-refractivity contribution is 5.93. The Morgan fingerprint density at radius 1 is 1.03 bits per heavy atom. The number of aryl methyl sites for hydroxylation is 2. The van der Waals surface area contributed by atoms with E-state index in [2.05, 4.69) is 25.7 Å². The average molecular weight is 387 g/mol. The van der Waals surface area contributed by atoms with Crippen molar-refractivity contribution in [3.63, 3.8) is 0 Å². The molecule has 4 aromatic rings. The summed E-state index contributed by atoms with van der Waals surface area (Å²) in [7, 11) is 0. The third kappa shape index (κ3) is 4.08. The molecule has 0 fully saturated rings. The molecule has 7 heteroatoms. The molecular formula is C22H21N5O2.